The van der Waals surface area contributed by atoms with E-state index in [1.54, 1.807) is 71.4 Å². The maximum absolute atomic E-state index is 14.6. The zero-order valence-electron chi connectivity index (χ0n) is 18.7. The number of aromatic nitrogens is 7. The minimum absolute atomic E-state index is 0.0477. The fraction of sp³-hybridized carbons (Fsp3) is 0.227. The average molecular weight is 622 g/mol. The highest BCUT2D eigenvalue weighted by molar-refractivity contribution is 14.1. The molecule has 5 aromatic rings. The zero-order chi connectivity index (χ0) is 25.1. The standard InChI is InChI=1S/C22H18F2IN8O2P/c1-30-8-13(26-9-30)21-28-17(20(24)25)19(35-21)22(34)31-6-4-14-16(27-10-33(14)36)18(31)12-7-15-11(23)3-2-5-32(15)29-12/h2-3,5,7-10,18,20H,4,6,36H2,1H3/t18-,20?/m0/s1. The van der Waals surface area contributed by atoms with Gasteiger partial charge in [-0.1, -0.05) is 0 Å². The number of hydrogen-bond donors (Lipinski definition) is 0. The van der Waals surface area contributed by atoms with Crippen LogP contribution in [0.3, 0.4) is 0 Å². The number of hydrogen-bond acceptors (Lipinski definition) is 6. The summed E-state index contributed by atoms with van der Waals surface area (Å²) in [6.45, 7) is 0.282. The molecule has 0 bridgehead atoms. The fourth-order valence-electron chi connectivity index (χ4n) is 4.44. The highest BCUT2D eigenvalue weighted by Gasteiger charge is 2.40. The van der Waals surface area contributed by atoms with Crippen LogP contribution in [0, 0.1) is 5.82 Å². The molecule has 0 N–H and O–H groups in total. The summed E-state index contributed by atoms with van der Waals surface area (Å²) in [6.07, 6.45) is 6.99. The van der Waals surface area contributed by atoms with Crippen molar-refractivity contribution in [1.82, 2.24) is 38.4 Å². The monoisotopic (exact) mass is 622 g/mol. The number of halogens is 3. The highest BCUT2D eigenvalue weighted by atomic mass is 127. The van der Waals surface area contributed by atoms with Crippen LogP contribution in [0.25, 0.3) is 17.1 Å². The van der Waals surface area contributed by atoms with Crippen molar-refractivity contribution < 1.29 is 18.0 Å². The molecule has 184 valence electrons. The molecule has 6 heterocycles. The van der Waals surface area contributed by atoms with Crippen LogP contribution in [0.2, 0.25) is 0 Å². The van der Waals surface area contributed by atoms with E-state index in [0.717, 1.165) is 5.69 Å². The SMILES string of the molecule is Cn1cnc(-c2nc(C(F)I)c(C(=O)N3CCc4c(ncn4P)[C@@H]3c3cc4c(F)cccn4n3)o2)c1. The van der Waals surface area contributed by atoms with Crippen LogP contribution in [0.5, 0.6) is 0 Å². The third kappa shape index (κ3) is 3.72. The van der Waals surface area contributed by atoms with Gasteiger partial charge in [-0.05, 0) is 50.2 Å². The molecular weight excluding hydrogens is 604 g/mol. The molecule has 1 aliphatic heterocycles. The van der Waals surface area contributed by atoms with Gasteiger partial charge in [0.2, 0.25) is 11.7 Å². The number of oxazole rings is 1. The molecule has 0 fully saturated rings. The predicted molar refractivity (Wildman–Crippen MR) is 136 cm³/mol. The molecule has 3 atom stereocenters. The quantitative estimate of drug-likeness (QED) is 0.172. The summed E-state index contributed by atoms with van der Waals surface area (Å²) in [5.41, 5.74) is 2.46. The maximum Gasteiger partial charge on any atom is 0.292 e. The van der Waals surface area contributed by atoms with Gasteiger partial charge in [0, 0.05) is 38.1 Å². The molecule has 1 aliphatic rings. The molecular formula is C22H18F2IN8O2P. The zero-order valence-corrected chi connectivity index (χ0v) is 22.0. The second kappa shape index (κ2) is 8.73. The third-order valence-electron chi connectivity index (χ3n) is 6.08. The Hall–Kier alpha value is -3.19. The number of rotatable bonds is 4. The van der Waals surface area contributed by atoms with Crippen LogP contribution >= 0.6 is 32.0 Å². The number of pyridine rings is 1. The summed E-state index contributed by atoms with van der Waals surface area (Å²) in [5.74, 6) is -1.17. The Morgan fingerprint density at radius 1 is 1.33 bits per heavy atom. The Morgan fingerprint density at radius 3 is 2.89 bits per heavy atom. The lowest BCUT2D eigenvalue weighted by molar-refractivity contribution is 0.0652. The summed E-state index contributed by atoms with van der Waals surface area (Å²) in [7, 11) is 4.35. The molecule has 36 heavy (non-hydrogen) atoms. The van der Waals surface area contributed by atoms with Crippen LogP contribution in [-0.4, -0.2) is 50.8 Å². The summed E-state index contributed by atoms with van der Waals surface area (Å²) in [6, 6.07) is 3.74. The molecule has 0 saturated heterocycles. The summed E-state index contributed by atoms with van der Waals surface area (Å²) < 4.78 is 38.2. The Bertz CT molecular complexity index is 1620. The Labute approximate surface area is 218 Å². The molecule has 2 unspecified atom stereocenters. The van der Waals surface area contributed by atoms with Gasteiger partial charge in [-0.2, -0.15) is 5.10 Å². The largest absolute Gasteiger partial charge is 0.429 e. The fourth-order valence-corrected chi connectivity index (χ4v) is 5.19. The molecule has 0 spiro atoms. The first-order valence-electron chi connectivity index (χ1n) is 10.8. The van der Waals surface area contributed by atoms with Crippen molar-refractivity contribution in [2.75, 3.05) is 6.54 Å². The number of imidazole rings is 2. The van der Waals surface area contributed by atoms with E-state index in [1.165, 1.54) is 15.5 Å². The molecule has 0 aliphatic carbocycles. The van der Waals surface area contributed by atoms with E-state index in [1.807, 2.05) is 4.34 Å². The second-order valence-corrected chi connectivity index (χ2v) is 10.00. The van der Waals surface area contributed by atoms with E-state index in [4.69, 9.17) is 4.42 Å². The van der Waals surface area contributed by atoms with Gasteiger partial charge >= 0.3 is 0 Å². The van der Waals surface area contributed by atoms with Crippen LogP contribution in [-0.2, 0) is 13.5 Å². The lowest BCUT2D eigenvalue weighted by atomic mass is 9.99. The third-order valence-corrected chi connectivity index (χ3v) is 7.11. The van der Waals surface area contributed by atoms with Crippen molar-refractivity contribution in [3.05, 3.63) is 77.6 Å². The van der Waals surface area contributed by atoms with Crippen LogP contribution in [0.15, 0.2) is 47.7 Å². The van der Waals surface area contributed by atoms with Crippen molar-refractivity contribution in [1.29, 1.82) is 0 Å². The minimum Gasteiger partial charge on any atom is -0.429 e. The van der Waals surface area contributed by atoms with Crippen LogP contribution < -0.4 is 0 Å². The number of alkyl halides is 2. The topological polar surface area (TPSA) is 99.3 Å². The number of carbonyl (C=O) groups is 1. The lowest BCUT2D eigenvalue weighted by Crippen LogP contribution is -2.41. The smallest absolute Gasteiger partial charge is 0.292 e. The molecule has 10 nitrogen and oxygen atoms in total. The Kier molecular flexibility index (Phi) is 5.63. The number of fused-ring (bicyclic) bond motifs is 2. The van der Waals surface area contributed by atoms with E-state index in [-0.39, 0.29) is 29.4 Å². The van der Waals surface area contributed by atoms with Crippen molar-refractivity contribution in [3.63, 3.8) is 0 Å². The summed E-state index contributed by atoms with van der Waals surface area (Å²) in [5, 5.41) is 4.54. The average Bonchev–Trinajstić information content (AvgIpc) is 3.63. The molecule has 0 saturated carbocycles. The van der Waals surface area contributed by atoms with E-state index >= 15 is 0 Å². The van der Waals surface area contributed by atoms with Crippen LogP contribution in [0.1, 0.15) is 43.6 Å². The first-order valence-corrected chi connectivity index (χ1v) is 12.6. The van der Waals surface area contributed by atoms with Crippen molar-refractivity contribution in [3.8, 4) is 11.6 Å². The maximum atomic E-state index is 14.6. The molecule has 5 aromatic heterocycles. The number of nitrogens with zero attached hydrogens (tertiary/aromatic N) is 8. The van der Waals surface area contributed by atoms with E-state index in [2.05, 4.69) is 29.4 Å². The minimum atomic E-state index is -1.59. The van der Waals surface area contributed by atoms with Crippen molar-refractivity contribution >= 4 is 43.4 Å². The molecule has 1 amide bonds. The van der Waals surface area contributed by atoms with E-state index in [0.29, 0.717) is 23.5 Å². The van der Waals surface area contributed by atoms with Crippen molar-refractivity contribution in [2.24, 2.45) is 7.05 Å². The summed E-state index contributed by atoms with van der Waals surface area (Å²) >= 11 is 1.55. The lowest BCUT2D eigenvalue weighted by Gasteiger charge is -2.33. The van der Waals surface area contributed by atoms with E-state index < -0.39 is 21.9 Å². The van der Waals surface area contributed by atoms with Gasteiger partial charge in [-0.25, -0.2) is 28.2 Å². The molecule has 0 radical (unpaired) electrons. The highest BCUT2D eigenvalue weighted by Crippen LogP contribution is 2.38. The van der Waals surface area contributed by atoms with Gasteiger partial charge in [-0.15, -0.1) is 0 Å². The molecule has 0 aromatic carbocycles. The second-order valence-electron chi connectivity index (χ2n) is 8.35. The van der Waals surface area contributed by atoms with Gasteiger partial charge < -0.3 is 18.2 Å². The number of aryl methyl sites for hydroxylation is 1. The first-order chi connectivity index (χ1) is 17.3. The Balaban J connectivity index is 1.47. The predicted octanol–water partition coefficient (Wildman–Crippen LogP) is 3.89. The number of carbonyl (C=O) groups excluding carboxylic acids is 1. The van der Waals surface area contributed by atoms with Crippen LogP contribution in [0.4, 0.5) is 8.78 Å². The first kappa shape index (κ1) is 23.2. The van der Waals surface area contributed by atoms with Gasteiger partial charge in [0.15, 0.2) is 4.18 Å². The normalized spacial score (nSPS) is 16.5. The van der Waals surface area contributed by atoms with Crippen molar-refractivity contribution in [2.45, 2.75) is 16.6 Å². The summed E-state index contributed by atoms with van der Waals surface area (Å²) in [4.78, 5) is 28.4. The Morgan fingerprint density at radius 2 is 2.17 bits per heavy atom. The molecule has 14 heteroatoms. The van der Waals surface area contributed by atoms with Gasteiger partial charge in [0.25, 0.3) is 5.91 Å². The number of amides is 1. The molecule has 6 rings (SSSR count). The van der Waals surface area contributed by atoms with E-state index in [9.17, 15) is 13.6 Å². The van der Waals surface area contributed by atoms with Gasteiger partial charge in [0.05, 0.1) is 24.0 Å². The van der Waals surface area contributed by atoms with Gasteiger partial charge in [0.1, 0.15) is 28.8 Å². The van der Waals surface area contributed by atoms with Gasteiger partial charge in [-0.3, -0.25) is 4.79 Å².